The summed E-state index contributed by atoms with van der Waals surface area (Å²) in [4.78, 5) is 28.7. The molecular formula is C21H18FN7O2. The van der Waals surface area contributed by atoms with Crippen LogP contribution in [0, 0.1) is 5.82 Å². The van der Waals surface area contributed by atoms with E-state index in [4.69, 9.17) is 5.73 Å². The number of fused-ring (bicyclic) bond motifs is 1. The summed E-state index contributed by atoms with van der Waals surface area (Å²) >= 11 is 0. The molecule has 0 saturated carbocycles. The Morgan fingerprint density at radius 3 is 2.65 bits per heavy atom. The summed E-state index contributed by atoms with van der Waals surface area (Å²) in [6, 6.07) is 13.7. The van der Waals surface area contributed by atoms with Gasteiger partial charge in [-0.25, -0.2) is 18.7 Å². The minimum atomic E-state index is -0.434. The van der Waals surface area contributed by atoms with Crippen LogP contribution in [0.4, 0.5) is 26.4 Å². The molecule has 4 rings (SSSR count). The highest BCUT2D eigenvalue weighted by molar-refractivity contribution is 6.10. The fourth-order valence-electron chi connectivity index (χ4n) is 3.01. The lowest BCUT2D eigenvalue weighted by Gasteiger charge is -2.10. The average molecular weight is 419 g/mol. The number of aromatic nitrogens is 3. The van der Waals surface area contributed by atoms with Gasteiger partial charge < -0.3 is 21.7 Å². The number of nitrogens with zero attached hydrogens (tertiary/aromatic N) is 3. The maximum absolute atomic E-state index is 12.9. The topological polar surface area (TPSA) is 126 Å². The molecule has 4 aromatic rings. The monoisotopic (exact) mass is 419 g/mol. The largest absolute Gasteiger partial charge is 0.382 e. The standard InChI is InChI=1S/C21H18FN7O2/c22-14-4-6-15(7-5-14)28-21(31)24-11-13-2-1-3-16(10-13)27-20(30)17-8-9-29-18(17)19(23)25-12-26-29/h1-10,12H,11H2,(H,27,30)(H2,23,25,26)(H2,24,28,31). The van der Waals surface area contributed by atoms with Crippen molar-refractivity contribution in [3.05, 3.63) is 84.1 Å². The summed E-state index contributed by atoms with van der Waals surface area (Å²) in [5, 5.41) is 12.2. The number of carbonyl (C=O) groups is 2. The number of halogens is 1. The smallest absolute Gasteiger partial charge is 0.319 e. The third-order valence-corrected chi connectivity index (χ3v) is 4.47. The van der Waals surface area contributed by atoms with Crippen molar-refractivity contribution >= 4 is 34.6 Å². The number of nitrogens with one attached hydrogen (secondary N) is 3. The molecule has 9 nitrogen and oxygen atoms in total. The Bertz CT molecular complexity index is 1250. The molecule has 31 heavy (non-hydrogen) atoms. The maximum Gasteiger partial charge on any atom is 0.319 e. The highest BCUT2D eigenvalue weighted by Crippen LogP contribution is 2.19. The number of urea groups is 1. The van der Waals surface area contributed by atoms with Gasteiger partial charge in [0.2, 0.25) is 0 Å². The van der Waals surface area contributed by atoms with E-state index in [9.17, 15) is 14.0 Å². The van der Waals surface area contributed by atoms with Crippen LogP contribution in [0.3, 0.4) is 0 Å². The second-order valence-corrected chi connectivity index (χ2v) is 6.64. The molecule has 10 heteroatoms. The molecule has 0 atom stereocenters. The van der Waals surface area contributed by atoms with Crippen molar-refractivity contribution in [1.29, 1.82) is 0 Å². The van der Waals surface area contributed by atoms with Crippen molar-refractivity contribution < 1.29 is 14.0 Å². The van der Waals surface area contributed by atoms with Gasteiger partial charge in [0, 0.05) is 24.1 Å². The van der Waals surface area contributed by atoms with E-state index < -0.39 is 6.03 Å². The van der Waals surface area contributed by atoms with Crippen molar-refractivity contribution in [3.63, 3.8) is 0 Å². The van der Waals surface area contributed by atoms with E-state index in [1.807, 2.05) is 6.07 Å². The molecule has 2 aromatic carbocycles. The molecule has 0 aliphatic heterocycles. The molecule has 0 spiro atoms. The van der Waals surface area contributed by atoms with Gasteiger partial charge in [-0.15, -0.1) is 0 Å². The van der Waals surface area contributed by atoms with Crippen molar-refractivity contribution in [2.75, 3.05) is 16.4 Å². The van der Waals surface area contributed by atoms with Gasteiger partial charge in [0.1, 0.15) is 17.7 Å². The van der Waals surface area contributed by atoms with Crippen LogP contribution >= 0.6 is 0 Å². The molecule has 2 aromatic heterocycles. The molecule has 0 saturated heterocycles. The number of rotatable bonds is 5. The van der Waals surface area contributed by atoms with E-state index in [-0.39, 0.29) is 24.1 Å². The van der Waals surface area contributed by atoms with Crippen LogP contribution < -0.4 is 21.7 Å². The molecule has 0 aliphatic rings. The van der Waals surface area contributed by atoms with Gasteiger partial charge in [0.15, 0.2) is 5.82 Å². The Morgan fingerprint density at radius 2 is 1.84 bits per heavy atom. The summed E-state index contributed by atoms with van der Waals surface area (Å²) in [5.74, 6) is -0.535. The molecule has 5 N–H and O–H groups in total. The number of nitrogen functional groups attached to an aromatic ring is 1. The van der Waals surface area contributed by atoms with E-state index in [2.05, 4.69) is 26.0 Å². The summed E-state index contributed by atoms with van der Waals surface area (Å²) < 4.78 is 14.4. The third kappa shape index (κ3) is 4.58. The molecule has 0 aliphatic carbocycles. The van der Waals surface area contributed by atoms with Gasteiger partial charge in [-0.1, -0.05) is 12.1 Å². The molecule has 0 fully saturated rings. The first-order valence-corrected chi connectivity index (χ1v) is 9.28. The number of anilines is 3. The SMILES string of the molecule is Nc1ncnn2ccc(C(=O)Nc3cccc(CNC(=O)Nc4ccc(F)cc4)c3)c12. The van der Waals surface area contributed by atoms with E-state index in [1.54, 1.807) is 30.5 Å². The summed E-state index contributed by atoms with van der Waals surface area (Å²) in [5.41, 5.74) is 8.45. The van der Waals surface area contributed by atoms with Gasteiger partial charge in [-0.05, 0) is 48.0 Å². The predicted octanol–water partition coefficient (Wildman–Crippen LogP) is 3.02. The third-order valence-electron chi connectivity index (χ3n) is 4.47. The van der Waals surface area contributed by atoms with E-state index >= 15 is 0 Å². The number of hydrogen-bond acceptors (Lipinski definition) is 5. The van der Waals surface area contributed by atoms with E-state index in [0.29, 0.717) is 22.5 Å². The van der Waals surface area contributed by atoms with Crippen molar-refractivity contribution in [2.24, 2.45) is 0 Å². The fourth-order valence-corrected chi connectivity index (χ4v) is 3.01. The van der Waals surface area contributed by atoms with Gasteiger partial charge in [-0.2, -0.15) is 5.10 Å². The number of benzene rings is 2. The van der Waals surface area contributed by atoms with Gasteiger partial charge in [0.05, 0.1) is 5.56 Å². The van der Waals surface area contributed by atoms with Gasteiger partial charge in [-0.3, -0.25) is 4.79 Å². The fraction of sp³-hybridized carbons (Fsp3) is 0.0476. The molecule has 2 heterocycles. The Hall–Kier alpha value is -4.47. The zero-order valence-electron chi connectivity index (χ0n) is 16.2. The van der Waals surface area contributed by atoms with Crippen LogP contribution in [-0.2, 0) is 6.54 Å². The lowest BCUT2D eigenvalue weighted by molar-refractivity contribution is 0.102. The van der Waals surface area contributed by atoms with E-state index in [0.717, 1.165) is 5.56 Å². The van der Waals surface area contributed by atoms with Gasteiger partial charge >= 0.3 is 6.03 Å². The Labute approximate surface area is 176 Å². The Morgan fingerprint density at radius 1 is 1.03 bits per heavy atom. The zero-order valence-corrected chi connectivity index (χ0v) is 16.2. The van der Waals surface area contributed by atoms with Crippen LogP contribution in [0.15, 0.2) is 67.1 Å². The van der Waals surface area contributed by atoms with E-state index in [1.165, 1.54) is 35.1 Å². The van der Waals surface area contributed by atoms with Crippen LogP contribution in [0.1, 0.15) is 15.9 Å². The van der Waals surface area contributed by atoms with Crippen LogP contribution in [0.25, 0.3) is 5.52 Å². The lowest BCUT2D eigenvalue weighted by atomic mass is 10.2. The molecular weight excluding hydrogens is 401 g/mol. The van der Waals surface area contributed by atoms with Crippen molar-refractivity contribution in [1.82, 2.24) is 19.9 Å². The number of carbonyl (C=O) groups excluding carboxylic acids is 2. The molecule has 0 bridgehead atoms. The number of hydrogen-bond donors (Lipinski definition) is 4. The Balaban J connectivity index is 1.39. The van der Waals surface area contributed by atoms with Crippen LogP contribution in [0.5, 0.6) is 0 Å². The average Bonchev–Trinajstić information content (AvgIpc) is 3.20. The maximum atomic E-state index is 12.9. The van der Waals surface area contributed by atoms with Crippen LogP contribution in [-0.4, -0.2) is 26.5 Å². The molecule has 156 valence electrons. The molecule has 0 unspecified atom stereocenters. The van der Waals surface area contributed by atoms with Crippen molar-refractivity contribution in [3.8, 4) is 0 Å². The normalized spacial score (nSPS) is 10.6. The lowest BCUT2D eigenvalue weighted by Crippen LogP contribution is -2.28. The van der Waals surface area contributed by atoms with Crippen LogP contribution in [0.2, 0.25) is 0 Å². The molecule has 0 radical (unpaired) electrons. The minimum Gasteiger partial charge on any atom is -0.382 e. The Kier molecular flexibility index (Phi) is 5.43. The predicted molar refractivity (Wildman–Crippen MR) is 114 cm³/mol. The second kappa shape index (κ2) is 8.49. The highest BCUT2D eigenvalue weighted by Gasteiger charge is 2.15. The quantitative estimate of drug-likeness (QED) is 0.396. The minimum absolute atomic E-state index is 0.204. The van der Waals surface area contributed by atoms with Crippen molar-refractivity contribution in [2.45, 2.75) is 6.54 Å². The second-order valence-electron chi connectivity index (χ2n) is 6.64. The zero-order chi connectivity index (χ0) is 21.8. The first-order valence-electron chi connectivity index (χ1n) is 9.28. The first kappa shape index (κ1) is 19.8. The summed E-state index contributed by atoms with van der Waals surface area (Å²) in [7, 11) is 0. The highest BCUT2D eigenvalue weighted by atomic mass is 19.1. The number of amides is 3. The van der Waals surface area contributed by atoms with Gasteiger partial charge in [0.25, 0.3) is 5.91 Å². The summed E-state index contributed by atoms with van der Waals surface area (Å²) in [6.07, 6.45) is 2.94. The molecule has 3 amide bonds. The first-order chi connectivity index (χ1) is 15.0. The number of nitrogens with two attached hydrogens (primary N) is 1. The summed E-state index contributed by atoms with van der Waals surface area (Å²) in [6.45, 7) is 0.229.